The van der Waals surface area contributed by atoms with E-state index in [0.29, 0.717) is 5.56 Å². The summed E-state index contributed by atoms with van der Waals surface area (Å²) < 4.78 is 0. The van der Waals surface area contributed by atoms with Gasteiger partial charge in [0, 0.05) is 16.7 Å². The Balaban J connectivity index is 2.38. The minimum atomic E-state index is 0.0444. The molecule has 0 fully saturated rings. The fourth-order valence-corrected chi connectivity index (χ4v) is 1.49. The van der Waals surface area contributed by atoms with Gasteiger partial charge in [0.15, 0.2) is 0 Å². The van der Waals surface area contributed by atoms with Gasteiger partial charge in [0.1, 0.15) is 5.84 Å². The van der Waals surface area contributed by atoms with Gasteiger partial charge in [0.05, 0.1) is 0 Å². The smallest absolute Gasteiger partial charge is 0.124 e. The van der Waals surface area contributed by atoms with Crippen LogP contribution in [0.5, 0.6) is 0 Å². The largest absolute Gasteiger partial charge is 0.384 e. The van der Waals surface area contributed by atoms with Crippen molar-refractivity contribution in [1.82, 2.24) is 0 Å². The van der Waals surface area contributed by atoms with Crippen molar-refractivity contribution in [3.8, 4) is 11.8 Å². The molecule has 2 nitrogen and oxygen atoms in total. The second kappa shape index (κ2) is 5.00. The quantitative estimate of drug-likeness (QED) is 0.432. The molecule has 82 valence electrons. The molecule has 0 bridgehead atoms. The molecular weight excluding hydrogens is 208 g/mol. The number of rotatable bonds is 1. The van der Waals surface area contributed by atoms with Gasteiger partial charge in [-0.15, -0.1) is 0 Å². The second-order valence-electron chi connectivity index (χ2n) is 3.58. The predicted molar refractivity (Wildman–Crippen MR) is 69.9 cm³/mol. The number of amidine groups is 1. The van der Waals surface area contributed by atoms with E-state index in [4.69, 9.17) is 11.1 Å². The van der Waals surface area contributed by atoms with E-state index in [1.165, 1.54) is 0 Å². The molecule has 0 atom stereocenters. The van der Waals surface area contributed by atoms with Gasteiger partial charge in [-0.1, -0.05) is 48.2 Å². The van der Waals surface area contributed by atoms with E-state index < -0.39 is 0 Å². The molecule has 3 N–H and O–H groups in total. The molecule has 0 heterocycles. The van der Waals surface area contributed by atoms with Crippen LogP contribution in [0.25, 0.3) is 0 Å². The first-order chi connectivity index (χ1) is 8.27. The van der Waals surface area contributed by atoms with Crippen molar-refractivity contribution in [2.24, 2.45) is 5.73 Å². The number of nitrogen functional groups attached to an aromatic ring is 1. The van der Waals surface area contributed by atoms with E-state index in [1.807, 2.05) is 48.5 Å². The molecule has 0 saturated carbocycles. The first-order valence-electron chi connectivity index (χ1n) is 5.28. The molecule has 0 amide bonds. The Bertz CT molecular complexity index is 589. The molecule has 2 rings (SSSR count). The van der Waals surface area contributed by atoms with Crippen LogP contribution >= 0.6 is 0 Å². The second-order valence-corrected chi connectivity index (χ2v) is 3.58. The van der Waals surface area contributed by atoms with Crippen molar-refractivity contribution in [3.63, 3.8) is 0 Å². The summed E-state index contributed by atoms with van der Waals surface area (Å²) >= 11 is 0. The lowest BCUT2D eigenvalue weighted by Gasteiger charge is -2.00. The van der Waals surface area contributed by atoms with Crippen LogP contribution in [-0.4, -0.2) is 5.84 Å². The Morgan fingerprint density at radius 3 is 2.24 bits per heavy atom. The molecule has 0 aromatic heterocycles. The predicted octanol–water partition coefficient (Wildman–Crippen LogP) is 2.37. The SMILES string of the molecule is N=C(N)c1ccccc1C#Cc1ccccc1. The van der Waals surface area contributed by atoms with Crippen LogP contribution in [0.2, 0.25) is 0 Å². The molecule has 0 aliphatic rings. The van der Waals surface area contributed by atoms with Crippen LogP contribution in [-0.2, 0) is 0 Å². The molecule has 2 heteroatoms. The average molecular weight is 220 g/mol. The fourth-order valence-electron chi connectivity index (χ4n) is 1.49. The summed E-state index contributed by atoms with van der Waals surface area (Å²) in [4.78, 5) is 0. The lowest BCUT2D eigenvalue weighted by atomic mass is 10.1. The standard InChI is InChI=1S/C15H12N2/c16-15(17)14-9-5-4-8-13(14)11-10-12-6-2-1-3-7-12/h1-9H,(H3,16,17). The average Bonchev–Trinajstić information content (AvgIpc) is 2.38. The molecule has 0 saturated heterocycles. The summed E-state index contributed by atoms with van der Waals surface area (Å²) in [5.74, 6) is 6.14. The number of nitrogens with two attached hydrogens (primary N) is 1. The minimum Gasteiger partial charge on any atom is -0.384 e. The third-order valence-corrected chi connectivity index (χ3v) is 2.33. The van der Waals surface area contributed by atoms with E-state index in [1.54, 1.807) is 6.07 Å². The van der Waals surface area contributed by atoms with Crippen molar-refractivity contribution in [3.05, 3.63) is 71.3 Å². The maximum Gasteiger partial charge on any atom is 0.124 e. The monoisotopic (exact) mass is 220 g/mol. The summed E-state index contributed by atoms with van der Waals surface area (Å²) in [6.45, 7) is 0. The van der Waals surface area contributed by atoms with Gasteiger partial charge in [-0.2, -0.15) is 0 Å². The first-order valence-corrected chi connectivity index (χ1v) is 5.28. The van der Waals surface area contributed by atoms with Crippen molar-refractivity contribution in [1.29, 1.82) is 5.41 Å². The highest BCUT2D eigenvalue weighted by molar-refractivity contribution is 5.97. The van der Waals surface area contributed by atoms with E-state index in [2.05, 4.69) is 11.8 Å². The number of benzene rings is 2. The lowest BCUT2D eigenvalue weighted by Crippen LogP contribution is -2.12. The van der Waals surface area contributed by atoms with E-state index in [-0.39, 0.29) is 5.84 Å². The van der Waals surface area contributed by atoms with Crippen LogP contribution in [0.4, 0.5) is 0 Å². The summed E-state index contributed by atoms with van der Waals surface area (Å²) in [7, 11) is 0. The van der Waals surface area contributed by atoms with Crippen LogP contribution in [0.3, 0.4) is 0 Å². The van der Waals surface area contributed by atoms with Crippen molar-refractivity contribution in [2.75, 3.05) is 0 Å². The lowest BCUT2D eigenvalue weighted by molar-refractivity contribution is 1.41. The summed E-state index contributed by atoms with van der Waals surface area (Å²) in [6.07, 6.45) is 0. The van der Waals surface area contributed by atoms with Gasteiger partial charge >= 0.3 is 0 Å². The van der Waals surface area contributed by atoms with Gasteiger partial charge in [0.2, 0.25) is 0 Å². The normalized spacial score (nSPS) is 9.18. The maximum absolute atomic E-state index is 7.47. The molecule has 2 aromatic carbocycles. The molecule has 0 spiro atoms. The molecule has 2 aromatic rings. The highest BCUT2D eigenvalue weighted by Gasteiger charge is 2.00. The Hall–Kier alpha value is -2.53. The Morgan fingerprint density at radius 1 is 0.882 bits per heavy atom. The Labute approximate surface area is 101 Å². The molecule has 17 heavy (non-hydrogen) atoms. The molecule has 0 radical (unpaired) electrons. The van der Waals surface area contributed by atoms with E-state index in [9.17, 15) is 0 Å². The Morgan fingerprint density at radius 2 is 1.53 bits per heavy atom. The summed E-state index contributed by atoms with van der Waals surface area (Å²) in [5.41, 5.74) is 7.91. The first kappa shape index (κ1) is 11.0. The van der Waals surface area contributed by atoms with Crippen molar-refractivity contribution in [2.45, 2.75) is 0 Å². The van der Waals surface area contributed by atoms with Crippen LogP contribution < -0.4 is 5.73 Å². The van der Waals surface area contributed by atoms with Crippen LogP contribution in [0.15, 0.2) is 54.6 Å². The van der Waals surface area contributed by atoms with Crippen molar-refractivity contribution < 1.29 is 0 Å². The van der Waals surface area contributed by atoms with Crippen LogP contribution in [0, 0.1) is 17.3 Å². The highest BCUT2D eigenvalue weighted by Crippen LogP contribution is 2.06. The van der Waals surface area contributed by atoms with Gasteiger partial charge in [-0.25, -0.2) is 0 Å². The van der Waals surface area contributed by atoms with Crippen molar-refractivity contribution >= 4 is 5.84 Å². The van der Waals surface area contributed by atoms with Gasteiger partial charge in [-0.05, 0) is 18.2 Å². The fraction of sp³-hybridized carbons (Fsp3) is 0. The minimum absolute atomic E-state index is 0.0444. The van der Waals surface area contributed by atoms with Gasteiger partial charge in [0.25, 0.3) is 0 Å². The third kappa shape index (κ3) is 2.73. The molecule has 0 aliphatic heterocycles. The van der Waals surface area contributed by atoms with Crippen LogP contribution in [0.1, 0.15) is 16.7 Å². The zero-order chi connectivity index (χ0) is 12.1. The number of hydrogen-bond donors (Lipinski definition) is 2. The Kier molecular flexibility index (Phi) is 3.23. The topological polar surface area (TPSA) is 49.9 Å². The molecule has 0 unspecified atom stereocenters. The number of nitrogens with one attached hydrogen (secondary N) is 1. The molecule has 0 aliphatic carbocycles. The summed E-state index contributed by atoms with van der Waals surface area (Å²) in [5, 5.41) is 7.47. The molecular formula is C15H12N2. The highest BCUT2D eigenvalue weighted by atomic mass is 14.7. The maximum atomic E-state index is 7.47. The summed E-state index contributed by atoms with van der Waals surface area (Å²) in [6, 6.07) is 17.2. The third-order valence-electron chi connectivity index (χ3n) is 2.33. The zero-order valence-corrected chi connectivity index (χ0v) is 9.27. The number of hydrogen-bond acceptors (Lipinski definition) is 1. The van der Waals surface area contributed by atoms with Gasteiger partial charge in [-0.3, -0.25) is 5.41 Å². The van der Waals surface area contributed by atoms with E-state index in [0.717, 1.165) is 11.1 Å². The van der Waals surface area contributed by atoms with Gasteiger partial charge < -0.3 is 5.73 Å². The van der Waals surface area contributed by atoms with E-state index >= 15 is 0 Å². The zero-order valence-electron chi connectivity index (χ0n) is 9.27.